The molecule has 3 rings (SSSR count). The van der Waals surface area contributed by atoms with E-state index in [1.807, 2.05) is 0 Å². The zero-order valence-corrected chi connectivity index (χ0v) is 15.7. The predicted octanol–water partition coefficient (Wildman–Crippen LogP) is 2.17. The summed E-state index contributed by atoms with van der Waals surface area (Å²) < 4.78 is 17.5. The summed E-state index contributed by atoms with van der Waals surface area (Å²) in [5.41, 5.74) is 1.06. The highest BCUT2D eigenvalue weighted by atomic mass is 32.2. The highest BCUT2D eigenvalue weighted by Crippen LogP contribution is 2.31. The van der Waals surface area contributed by atoms with Gasteiger partial charge in [0.05, 0.1) is 18.2 Å². The number of carbonyl (C=O) groups is 2. The minimum Gasteiger partial charge on any atom is -0.468 e. The molecule has 0 fully saturated rings. The minimum atomic E-state index is -0.548. The number of benzene rings is 1. The van der Waals surface area contributed by atoms with Crippen molar-refractivity contribution in [2.75, 3.05) is 19.4 Å². The number of H-pyrrole nitrogens is 1. The molecule has 3 aromatic rings. The van der Waals surface area contributed by atoms with E-state index in [1.54, 1.807) is 17.5 Å². The molecular weight excluding hydrogens is 393 g/mol. The second-order valence-electron chi connectivity index (χ2n) is 5.35. The van der Waals surface area contributed by atoms with Crippen molar-refractivity contribution in [1.82, 2.24) is 15.3 Å². The van der Waals surface area contributed by atoms with Crippen LogP contribution in [0.5, 0.6) is 0 Å². The van der Waals surface area contributed by atoms with Crippen molar-refractivity contribution in [3.63, 3.8) is 0 Å². The third kappa shape index (κ3) is 4.52. The first-order valence-corrected chi connectivity index (χ1v) is 9.58. The quantitative estimate of drug-likeness (QED) is 0.369. The molecule has 1 amide bonds. The van der Waals surface area contributed by atoms with Gasteiger partial charge in [-0.05, 0) is 17.7 Å². The lowest BCUT2D eigenvalue weighted by Crippen LogP contribution is -2.31. The van der Waals surface area contributed by atoms with Gasteiger partial charge in [-0.3, -0.25) is 14.4 Å². The van der Waals surface area contributed by atoms with Gasteiger partial charge < -0.3 is 15.0 Å². The second-order valence-corrected chi connectivity index (χ2v) is 7.17. The summed E-state index contributed by atoms with van der Waals surface area (Å²) in [6, 6.07) is 5.87. The Morgan fingerprint density at radius 3 is 2.78 bits per heavy atom. The Labute approximate surface area is 161 Å². The van der Waals surface area contributed by atoms with Crippen LogP contribution >= 0.6 is 23.1 Å². The van der Waals surface area contributed by atoms with Crippen molar-refractivity contribution in [3.8, 4) is 11.1 Å². The fraction of sp³-hybridized carbons (Fsp3) is 0.176. The lowest BCUT2D eigenvalue weighted by molar-refractivity contribution is -0.140. The van der Waals surface area contributed by atoms with Gasteiger partial charge in [0, 0.05) is 10.9 Å². The van der Waals surface area contributed by atoms with E-state index in [0.717, 1.165) is 17.3 Å². The number of nitrogens with zero attached hydrogens (tertiary/aromatic N) is 1. The number of aromatic nitrogens is 2. The Bertz CT molecular complexity index is 1050. The van der Waals surface area contributed by atoms with Crippen LogP contribution in [0, 0.1) is 5.82 Å². The summed E-state index contributed by atoms with van der Waals surface area (Å²) in [5.74, 6) is -1.30. The maximum Gasteiger partial charge on any atom is 0.325 e. The molecule has 0 aliphatic carbocycles. The van der Waals surface area contributed by atoms with Crippen LogP contribution in [0.4, 0.5) is 4.39 Å². The fourth-order valence-corrected chi connectivity index (χ4v) is 3.96. The van der Waals surface area contributed by atoms with Crippen LogP contribution < -0.4 is 10.9 Å². The topological polar surface area (TPSA) is 101 Å². The molecule has 0 bridgehead atoms. The number of carbonyl (C=O) groups excluding carboxylic acids is 2. The van der Waals surface area contributed by atoms with Crippen LogP contribution in [-0.2, 0) is 14.3 Å². The van der Waals surface area contributed by atoms with E-state index >= 15 is 0 Å². The first kappa shape index (κ1) is 19.1. The molecule has 0 aliphatic heterocycles. The van der Waals surface area contributed by atoms with Gasteiger partial charge in [-0.15, -0.1) is 11.3 Å². The van der Waals surface area contributed by atoms with Crippen molar-refractivity contribution in [3.05, 3.63) is 45.8 Å². The molecular formula is C17H14FN3O4S2. The molecule has 0 aliphatic rings. The van der Waals surface area contributed by atoms with E-state index < -0.39 is 5.97 Å². The van der Waals surface area contributed by atoms with Crippen molar-refractivity contribution >= 4 is 45.2 Å². The number of amides is 1. The number of ether oxygens (including phenoxy) is 1. The highest BCUT2D eigenvalue weighted by Gasteiger charge is 2.14. The standard InChI is InChI=1S/C17H14FN3O4S2/c1-25-13(23)6-19-12(22)8-27-17-20-15(24)14-11(7-26-16(14)21-17)9-2-4-10(18)5-3-9/h2-5,7H,6,8H2,1H3,(H,19,22)(H,20,21,24). The third-order valence-corrected chi connectivity index (χ3v) is 5.32. The Morgan fingerprint density at radius 2 is 2.07 bits per heavy atom. The van der Waals surface area contributed by atoms with E-state index in [2.05, 4.69) is 20.0 Å². The molecule has 7 nitrogen and oxygen atoms in total. The van der Waals surface area contributed by atoms with Crippen molar-refractivity contribution in [2.45, 2.75) is 5.16 Å². The molecule has 2 N–H and O–H groups in total. The summed E-state index contributed by atoms with van der Waals surface area (Å²) >= 11 is 2.34. The molecule has 2 aromatic heterocycles. The first-order valence-electron chi connectivity index (χ1n) is 7.71. The van der Waals surface area contributed by atoms with Crippen molar-refractivity contribution < 1.29 is 18.7 Å². The number of hydrogen-bond donors (Lipinski definition) is 2. The van der Waals surface area contributed by atoms with Crippen LogP contribution in [0.1, 0.15) is 0 Å². The van der Waals surface area contributed by atoms with Crippen LogP contribution in [0.25, 0.3) is 21.3 Å². The summed E-state index contributed by atoms with van der Waals surface area (Å²) in [5, 5.41) is 4.91. The molecule has 140 valence electrons. The van der Waals surface area contributed by atoms with Gasteiger partial charge >= 0.3 is 5.97 Å². The van der Waals surface area contributed by atoms with Crippen LogP contribution in [0.15, 0.2) is 39.6 Å². The monoisotopic (exact) mass is 407 g/mol. The van der Waals surface area contributed by atoms with Crippen LogP contribution in [0.2, 0.25) is 0 Å². The smallest absolute Gasteiger partial charge is 0.325 e. The van der Waals surface area contributed by atoms with E-state index in [0.29, 0.717) is 20.9 Å². The Hall–Kier alpha value is -2.72. The van der Waals surface area contributed by atoms with E-state index in [1.165, 1.54) is 30.6 Å². The molecule has 27 heavy (non-hydrogen) atoms. The summed E-state index contributed by atoms with van der Waals surface area (Å²) in [7, 11) is 1.23. The van der Waals surface area contributed by atoms with Gasteiger partial charge in [-0.2, -0.15) is 0 Å². The van der Waals surface area contributed by atoms with Gasteiger partial charge in [0.1, 0.15) is 17.2 Å². The average molecular weight is 407 g/mol. The third-order valence-electron chi connectivity index (χ3n) is 3.57. The van der Waals surface area contributed by atoms with Crippen molar-refractivity contribution in [1.29, 1.82) is 0 Å². The zero-order valence-electron chi connectivity index (χ0n) is 14.1. The number of aromatic amines is 1. The highest BCUT2D eigenvalue weighted by molar-refractivity contribution is 7.99. The van der Waals surface area contributed by atoms with E-state index in [9.17, 15) is 18.8 Å². The van der Waals surface area contributed by atoms with Gasteiger partial charge in [-0.25, -0.2) is 9.37 Å². The van der Waals surface area contributed by atoms with Gasteiger partial charge in [0.15, 0.2) is 5.16 Å². The number of hydrogen-bond acceptors (Lipinski definition) is 7. The Morgan fingerprint density at radius 1 is 1.33 bits per heavy atom. The number of thioether (sulfide) groups is 1. The molecule has 0 atom stereocenters. The number of nitrogens with one attached hydrogen (secondary N) is 2. The van der Waals surface area contributed by atoms with Gasteiger partial charge in [0.25, 0.3) is 5.56 Å². The SMILES string of the molecule is COC(=O)CNC(=O)CSc1nc2scc(-c3ccc(F)cc3)c2c(=O)[nH]1. The molecule has 0 unspecified atom stereocenters. The number of esters is 1. The van der Waals surface area contributed by atoms with Crippen LogP contribution in [-0.4, -0.2) is 41.3 Å². The maximum atomic E-state index is 13.1. The number of rotatable bonds is 6. The van der Waals surface area contributed by atoms with Gasteiger partial charge in [0.2, 0.25) is 5.91 Å². The molecule has 10 heteroatoms. The number of thiophene rings is 1. The number of methoxy groups -OCH3 is 1. The normalized spacial score (nSPS) is 10.7. The molecule has 2 heterocycles. The largest absolute Gasteiger partial charge is 0.468 e. The first-order chi connectivity index (χ1) is 13.0. The molecule has 1 aromatic carbocycles. The van der Waals surface area contributed by atoms with Gasteiger partial charge in [-0.1, -0.05) is 23.9 Å². The molecule has 0 saturated carbocycles. The fourth-order valence-electron chi connectivity index (χ4n) is 2.27. The molecule has 0 spiro atoms. The molecule has 0 radical (unpaired) electrons. The minimum absolute atomic E-state index is 0.0123. The summed E-state index contributed by atoms with van der Waals surface area (Å²) in [4.78, 5) is 42.7. The Kier molecular flexibility index (Phi) is 5.87. The lowest BCUT2D eigenvalue weighted by atomic mass is 10.1. The summed E-state index contributed by atoms with van der Waals surface area (Å²) in [6.07, 6.45) is 0. The molecule has 0 saturated heterocycles. The van der Waals surface area contributed by atoms with E-state index in [4.69, 9.17) is 0 Å². The average Bonchev–Trinajstić information content (AvgIpc) is 3.09. The van der Waals surface area contributed by atoms with Crippen LogP contribution in [0.3, 0.4) is 0 Å². The zero-order chi connectivity index (χ0) is 19.4. The lowest BCUT2D eigenvalue weighted by Gasteiger charge is -2.04. The van der Waals surface area contributed by atoms with E-state index in [-0.39, 0.29) is 29.6 Å². The summed E-state index contributed by atoms with van der Waals surface area (Å²) in [6.45, 7) is -0.217. The second kappa shape index (κ2) is 8.31. The number of halogens is 1. The maximum absolute atomic E-state index is 13.1. The predicted molar refractivity (Wildman–Crippen MR) is 101 cm³/mol. The van der Waals surface area contributed by atoms with Crippen molar-refractivity contribution in [2.24, 2.45) is 0 Å². The Balaban J connectivity index is 1.76. The number of fused-ring (bicyclic) bond motifs is 1.